The first kappa shape index (κ1) is 16.0. The van der Waals surface area contributed by atoms with Gasteiger partial charge in [-0.15, -0.1) is 0 Å². The number of nitrogens with one attached hydrogen (secondary N) is 1. The second kappa shape index (κ2) is 8.18. The number of rotatable bonds is 7. The molecule has 1 aromatic carbocycles. The second-order valence-electron chi connectivity index (χ2n) is 5.02. The maximum atomic E-state index is 11.8. The van der Waals surface area contributed by atoms with E-state index in [4.69, 9.17) is 17.3 Å². The van der Waals surface area contributed by atoms with Crippen molar-refractivity contribution in [1.82, 2.24) is 5.32 Å². The number of halogens is 1. The molecule has 19 heavy (non-hydrogen) atoms. The van der Waals surface area contributed by atoms with Gasteiger partial charge in [0.2, 0.25) is 5.91 Å². The molecule has 0 saturated carbocycles. The predicted octanol–water partition coefficient (Wildman–Crippen LogP) is 2.76. The fraction of sp³-hybridized carbons (Fsp3) is 0.533. The first-order valence-electron chi connectivity index (χ1n) is 6.79. The molecule has 0 aliphatic carbocycles. The van der Waals surface area contributed by atoms with Gasteiger partial charge in [-0.3, -0.25) is 4.79 Å². The summed E-state index contributed by atoms with van der Waals surface area (Å²) in [6.07, 6.45) is 2.23. The van der Waals surface area contributed by atoms with Gasteiger partial charge in [0, 0.05) is 17.5 Å². The van der Waals surface area contributed by atoms with Crippen molar-refractivity contribution in [2.45, 2.75) is 39.2 Å². The molecule has 0 bridgehead atoms. The Morgan fingerprint density at radius 1 is 1.47 bits per heavy atom. The summed E-state index contributed by atoms with van der Waals surface area (Å²) in [5.74, 6) is 0.352. The minimum Gasteiger partial charge on any atom is -0.353 e. The van der Waals surface area contributed by atoms with Gasteiger partial charge in [-0.25, -0.2) is 0 Å². The Balaban J connectivity index is 2.42. The van der Waals surface area contributed by atoms with E-state index in [0.717, 1.165) is 23.4 Å². The van der Waals surface area contributed by atoms with Crippen LogP contribution in [0.15, 0.2) is 24.3 Å². The van der Waals surface area contributed by atoms with Crippen molar-refractivity contribution in [3.05, 3.63) is 34.9 Å². The van der Waals surface area contributed by atoms with Gasteiger partial charge in [0.1, 0.15) is 0 Å². The van der Waals surface area contributed by atoms with Gasteiger partial charge in [0.15, 0.2) is 0 Å². The molecular formula is C15H23ClN2O. The molecule has 0 aromatic heterocycles. The fourth-order valence-electron chi connectivity index (χ4n) is 2.06. The van der Waals surface area contributed by atoms with Gasteiger partial charge >= 0.3 is 0 Å². The summed E-state index contributed by atoms with van der Waals surface area (Å²) in [4.78, 5) is 11.8. The van der Waals surface area contributed by atoms with Gasteiger partial charge in [-0.05, 0) is 43.5 Å². The van der Waals surface area contributed by atoms with Crippen LogP contribution in [0.25, 0.3) is 0 Å². The van der Waals surface area contributed by atoms with Crippen molar-refractivity contribution in [2.24, 2.45) is 11.7 Å². The number of hydrogen-bond donors (Lipinski definition) is 2. The summed E-state index contributed by atoms with van der Waals surface area (Å²) >= 11 is 5.94. The summed E-state index contributed by atoms with van der Waals surface area (Å²) in [7, 11) is 0. The summed E-state index contributed by atoms with van der Waals surface area (Å²) in [6.45, 7) is 4.62. The molecule has 0 saturated heterocycles. The summed E-state index contributed by atoms with van der Waals surface area (Å²) in [5.41, 5.74) is 6.74. The van der Waals surface area contributed by atoms with E-state index < -0.39 is 0 Å². The third-order valence-electron chi connectivity index (χ3n) is 3.22. The molecule has 1 aromatic rings. The molecule has 0 heterocycles. The van der Waals surface area contributed by atoms with Crippen molar-refractivity contribution in [2.75, 3.05) is 6.54 Å². The number of amides is 1. The highest BCUT2D eigenvalue weighted by Gasteiger charge is 2.13. The Labute approximate surface area is 120 Å². The standard InChI is InChI=1S/C15H23ClN2O/c1-3-12(10-17)9-15(19)18-11(2)7-13-5-4-6-14(16)8-13/h4-6,8,11-12H,3,7,9-10,17H2,1-2H3,(H,18,19). The minimum absolute atomic E-state index is 0.0758. The normalized spacial score (nSPS) is 13.9. The Kier molecular flexibility index (Phi) is 6.89. The first-order valence-corrected chi connectivity index (χ1v) is 7.16. The van der Waals surface area contributed by atoms with Crippen molar-refractivity contribution >= 4 is 17.5 Å². The molecule has 0 aliphatic rings. The van der Waals surface area contributed by atoms with E-state index >= 15 is 0 Å². The molecule has 0 spiro atoms. The molecule has 0 aliphatic heterocycles. The van der Waals surface area contributed by atoms with Gasteiger partial charge in [-0.2, -0.15) is 0 Å². The topological polar surface area (TPSA) is 55.1 Å². The maximum absolute atomic E-state index is 11.8. The van der Waals surface area contributed by atoms with Gasteiger partial charge in [0.05, 0.1) is 0 Å². The van der Waals surface area contributed by atoms with E-state index in [1.165, 1.54) is 0 Å². The number of hydrogen-bond acceptors (Lipinski definition) is 2. The zero-order chi connectivity index (χ0) is 14.3. The van der Waals surface area contributed by atoms with Crippen LogP contribution in [0.2, 0.25) is 5.02 Å². The highest BCUT2D eigenvalue weighted by Crippen LogP contribution is 2.12. The van der Waals surface area contributed by atoms with E-state index in [-0.39, 0.29) is 17.9 Å². The smallest absolute Gasteiger partial charge is 0.220 e. The van der Waals surface area contributed by atoms with Gasteiger partial charge < -0.3 is 11.1 Å². The van der Waals surface area contributed by atoms with Crippen LogP contribution >= 0.6 is 11.6 Å². The van der Waals surface area contributed by atoms with Crippen LogP contribution in [0.1, 0.15) is 32.3 Å². The van der Waals surface area contributed by atoms with Crippen LogP contribution in [-0.2, 0) is 11.2 Å². The summed E-state index contributed by atoms with van der Waals surface area (Å²) in [5, 5.41) is 3.74. The van der Waals surface area contributed by atoms with Crippen LogP contribution in [0.5, 0.6) is 0 Å². The van der Waals surface area contributed by atoms with Gasteiger partial charge in [0.25, 0.3) is 0 Å². The molecule has 1 rings (SSSR count). The molecule has 2 atom stereocenters. The number of nitrogens with two attached hydrogens (primary N) is 1. The van der Waals surface area contributed by atoms with E-state index in [1.807, 2.05) is 31.2 Å². The molecule has 3 N–H and O–H groups in total. The summed E-state index contributed by atoms with van der Waals surface area (Å²) < 4.78 is 0. The lowest BCUT2D eigenvalue weighted by Gasteiger charge is -2.17. The van der Waals surface area contributed by atoms with Crippen LogP contribution in [0, 0.1) is 5.92 Å². The Morgan fingerprint density at radius 2 is 2.21 bits per heavy atom. The average Bonchev–Trinajstić information content (AvgIpc) is 2.35. The van der Waals surface area contributed by atoms with Crippen LogP contribution < -0.4 is 11.1 Å². The second-order valence-corrected chi connectivity index (χ2v) is 5.45. The monoisotopic (exact) mass is 282 g/mol. The third kappa shape index (κ3) is 6.08. The zero-order valence-electron chi connectivity index (χ0n) is 11.7. The highest BCUT2D eigenvalue weighted by atomic mass is 35.5. The van der Waals surface area contributed by atoms with Crippen LogP contribution in [0.3, 0.4) is 0 Å². The first-order chi connectivity index (χ1) is 9.05. The molecule has 0 fully saturated rings. The Bertz CT molecular complexity index is 405. The van der Waals surface area contributed by atoms with E-state index in [2.05, 4.69) is 12.2 Å². The quantitative estimate of drug-likeness (QED) is 0.808. The van der Waals surface area contributed by atoms with Crippen molar-refractivity contribution < 1.29 is 4.79 Å². The summed E-state index contributed by atoms with van der Waals surface area (Å²) in [6, 6.07) is 7.82. The molecule has 2 unspecified atom stereocenters. The molecular weight excluding hydrogens is 260 g/mol. The lowest BCUT2D eigenvalue weighted by Crippen LogP contribution is -2.36. The molecule has 0 radical (unpaired) electrons. The molecule has 4 heteroatoms. The average molecular weight is 283 g/mol. The van der Waals surface area contributed by atoms with E-state index in [9.17, 15) is 4.79 Å². The third-order valence-corrected chi connectivity index (χ3v) is 3.46. The predicted molar refractivity (Wildman–Crippen MR) is 80.2 cm³/mol. The van der Waals surface area contributed by atoms with Crippen LogP contribution in [0.4, 0.5) is 0 Å². The molecule has 3 nitrogen and oxygen atoms in total. The lowest BCUT2D eigenvalue weighted by molar-refractivity contribution is -0.122. The largest absolute Gasteiger partial charge is 0.353 e. The fourth-order valence-corrected chi connectivity index (χ4v) is 2.27. The zero-order valence-corrected chi connectivity index (χ0v) is 12.4. The Hall–Kier alpha value is -1.06. The van der Waals surface area contributed by atoms with Crippen LogP contribution in [-0.4, -0.2) is 18.5 Å². The van der Waals surface area contributed by atoms with E-state index in [1.54, 1.807) is 0 Å². The number of benzene rings is 1. The van der Waals surface area contributed by atoms with Crippen molar-refractivity contribution in [3.8, 4) is 0 Å². The lowest BCUT2D eigenvalue weighted by atomic mass is 10.0. The van der Waals surface area contributed by atoms with Crippen molar-refractivity contribution in [1.29, 1.82) is 0 Å². The van der Waals surface area contributed by atoms with Gasteiger partial charge in [-0.1, -0.05) is 37.1 Å². The number of carbonyl (C=O) groups is 1. The minimum atomic E-state index is 0.0758. The Morgan fingerprint density at radius 3 is 2.79 bits per heavy atom. The number of carbonyl (C=O) groups excluding carboxylic acids is 1. The molecule has 1 amide bonds. The van der Waals surface area contributed by atoms with E-state index in [0.29, 0.717) is 13.0 Å². The SMILES string of the molecule is CCC(CN)CC(=O)NC(C)Cc1cccc(Cl)c1. The highest BCUT2D eigenvalue weighted by molar-refractivity contribution is 6.30. The molecule has 106 valence electrons. The maximum Gasteiger partial charge on any atom is 0.220 e. The van der Waals surface area contributed by atoms with Crippen molar-refractivity contribution in [3.63, 3.8) is 0 Å².